The Hall–Kier alpha value is -8.67. The van der Waals surface area contributed by atoms with Gasteiger partial charge in [-0.3, -0.25) is 0 Å². The summed E-state index contributed by atoms with van der Waals surface area (Å²) in [7, 11) is 0. The van der Waals surface area contributed by atoms with Crippen molar-refractivity contribution in [3.05, 3.63) is 235 Å². The van der Waals surface area contributed by atoms with Gasteiger partial charge >= 0.3 is 0 Å². The van der Waals surface area contributed by atoms with Gasteiger partial charge in [0, 0.05) is 50.2 Å². The van der Waals surface area contributed by atoms with Crippen molar-refractivity contribution in [2.45, 2.75) is 25.4 Å². The number of fused-ring (bicyclic) bond motifs is 11. The SMILES string of the molecule is c1ccc(-n2c3ccccc3c3cccc(-c4nc(-c5cc(C6CCc7cc8ccccc8cc7-c7ccccc76)cc6c5COc5ccccc5-6)nc(-c5cccc6ccccc56)n4)c32)cc1. The number of rotatable bonds is 5. The van der Waals surface area contributed by atoms with Crippen LogP contribution >= 0.6 is 0 Å². The van der Waals surface area contributed by atoms with Crippen LogP contribution in [0.2, 0.25) is 0 Å². The highest BCUT2D eigenvalue weighted by Gasteiger charge is 2.30. The van der Waals surface area contributed by atoms with Gasteiger partial charge in [0.1, 0.15) is 12.4 Å². The molecule has 12 aromatic rings. The van der Waals surface area contributed by atoms with Crippen molar-refractivity contribution in [3.63, 3.8) is 0 Å². The first-order valence-electron chi connectivity index (χ1n) is 23.5. The lowest BCUT2D eigenvalue weighted by Gasteiger charge is -2.27. The number of aromatic nitrogens is 4. The standard InChI is InChI=1S/C63H42N4O/c1-2-20-44(21-3-1)67-58-30-12-10-25-49(58)51-27-15-29-53(60(51)67)62-64-61(52-28-14-19-39-16-6-7-22-45(39)52)65-63(66-62)56-37-43(36-55-50-26-11-13-31-59(50)68-38-57(55)56)46-33-32-42-34-40-17-4-5-18-41(40)35-54(42)48-24-9-8-23-47(46)48/h1-31,34-37,46H,32-33,38H2. The molecule has 2 aromatic heterocycles. The molecular formula is C63H42N4O. The third-order valence-electron chi connectivity index (χ3n) is 14.4. The molecule has 1 atom stereocenters. The zero-order chi connectivity index (χ0) is 44.7. The number of nitrogens with zero attached hydrogens (tertiary/aromatic N) is 4. The Kier molecular flexibility index (Phi) is 8.78. The zero-order valence-electron chi connectivity index (χ0n) is 37.1. The van der Waals surface area contributed by atoms with Crippen molar-refractivity contribution < 1.29 is 4.74 Å². The number of hydrogen-bond acceptors (Lipinski definition) is 4. The van der Waals surface area contributed by atoms with Crippen molar-refractivity contribution in [2.24, 2.45) is 0 Å². The Morgan fingerprint density at radius 2 is 1.03 bits per heavy atom. The van der Waals surface area contributed by atoms with Gasteiger partial charge < -0.3 is 9.30 Å². The average Bonchev–Trinajstić information content (AvgIpc) is 3.66. The maximum Gasteiger partial charge on any atom is 0.166 e. The first-order valence-corrected chi connectivity index (χ1v) is 23.5. The van der Waals surface area contributed by atoms with E-state index in [0.717, 1.165) is 84.9 Å². The van der Waals surface area contributed by atoms with E-state index in [0.29, 0.717) is 24.1 Å². The van der Waals surface area contributed by atoms with Gasteiger partial charge in [0.2, 0.25) is 0 Å². The van der Waals surface area contributed by atoms with E-state index in [2.05, 4.69) is 217 Å². The normalized spacial score (nSPS) is 14.0. The van der Waals surface area contributed by atoms with Gasteiger partial charge in [-0.1, -0.05) is 164 Å². The van der Waals surface area contributed by atoms with E-state index < -0.39 is 0 Å². The van der Waals surface area contributed by atoms with Crippen LogP contribution in [-0.4, -0.2) is 19.5 Å². The van der Waals surface area contributed by atoms with Crippen molar-refractivity contribution in [3.8, 4) is 67.9 Å². The first kappa shape index (κ1) is 38.6. The lowest BCUT2D eigenvalue weighted by atomic mass is 9.81. The largest absolute Gasteiger partial charge is 0.488 e. The van der Waals surface area contributed by atoms with Gasteiger partial charge in [-0.05, 0) is 116 Å². The molecule has 5 heteroatoms. The molecule has 1 aliphatic heterocycles. The van der Waals surface area contributed by atoms with Gasteiger partial charge in [0.05, 0.1) is 11.0 Å². The lowest BCUT2D eigenvalue weighted by Crippen LogP contribution is -2.12. The highest BCUT2D eigenvalue weighted by molar-refractivity contribution is 6.13. The summed E-state index contributed by atoms with van der Waals surface area (Å²) in [6, 6.07) is 76.5. The Morgan fingerprint density at radius 3 is 1.90 bits per heavy atom. The van der Waals surface area contributed by atoms with Crippen LogP contribution in [-0.2, 0) is 13.0 Å². The quantitative estimate of drug-likeness (QED) is 0.173. The Bertz CT molecular complexity index is 4000. The smallest absolute Gasteiger partial charge is 0.166 e. The van der Waals surface area contributed by atoms with E-state index in [1.54, 1.807) is 0 Å². The molecule has 2 aliphatic rings. The predicted molar refractivity (Wildman–Crippen MR) is 277 cm³/mol. The topological polar surface area (TPSA) is 52.8 Å². The summed E-state index contributed by atoms with van der Waals surface area (Å²) in [5, 5.41) is 7.08. The second-order valence-corrected chi connectivity index (χ2v) is 18.1. The molecule has 68 heavy (non-hydrogen) atoms. The maximum atomic E-state index is 6.62. The summed E-state index contributed by atoms with van der Waals surface area (Å²) in [6.45, 7) is 0.393. The minimum Gasteiger partial charge on any atom is -0.488 e. The minimum atomic E-state index is 0.106. The Morgan fingerprint density at radius 1 is 0.426 bits per heavy atom. The predicted octanol–water partition coefficient (Wildman–Crippen LogP) is 15.6. The summed E-state index contributed by atoms with van der Waals surface area (Å²) in [4.78, 5) is 16.7. The van der Waals surface area contributed by atoms with Crippen LogP contribution in [0.25, 0.3) is 105 Å². The summed E-state index contributed by atoms with van der Waals surface area (Å²) in [5.41, 5.74) is 16.0. The van der Waals surface area contributed by atoms with E-state index in [1.807, 2.05) is 0 Å². The van der Waals surface area contributed by atoms with Crippen LogP contribution in [0, 0.1) is 0 Å². The van der Waals surface area contributed by atoms with E-state index >= 15 is 0 Å². The van der Waals surface area contributed by atoms with Gasteiger partial charge in [0.25, 0.3) is 0 Å². The van der Waals surface area contributed by atoms with Gasteiger partial charge in [-0.2, -0.15) is 0 Å². The van der Waals surface area contributed by atoms with Gasteiger partial charge in [-0.15, -0.1) is 0 Å². The molecule has 1 unspecified atom stereocenters. The molecule has 1 aliphatic carbocycles. The summed E-state index contributed by atoms with van der Waals surface area (Å²) >= 11 is 0. The van der Waals surface area contributed by atoms with Crippen LogP contribution < -0.4 is 4.74 Å². The number of benzene rings is 10. The van der Waals surface area contributed by atoms with Crippen LogP contribution in [0.1, 0.15) is 34.6 Å². The molecule has 10 aromatic carbocycles. The van der Waals surface area contributed by atoms with Crippen molar-refractivity contribution in [2.75, 3.05) is 0 Å². The number of para-hydroxylation sites is 4. The third kappa shape index (κ3) is 6.13. The van der Waals surface area contributed by atoms with Gasteiger partial charge in [-0.25, -0.2) is 15.0 Å². The molecule has 0 saturated heterocycles. The molecule has 0 fully saturated rings. The average molecular weight is 871 g/mol. The van der Waals surface area contributed by atoms with Crippen molar-refractivity contribution in [1.82, 2.24) is 19.5 Å². The Balaban J connectivity index is 1.04. The van der Waals surface area contributed by atoms with Crippen LogP contribution in [0.4, 0.5) is 0 Å². The summed E-state index contributed by atoms with van der Waals surface area (Å²) in [6.07, 6.45) is 1.90. The van der Waals surface area contributed by atoms with Crippen molar-refractivity contribution >= 4 is 43.4 Å². The summed E-state index contributed by atoms with van der Waals surface area (Å²) < 4.78 is 8.98. The molecule has 0 saturated carbocycles. The fourth-order valence-corrected chi connectivity index (χ4v) is 11.3. The number of ether oxygens (including phenoxy) is 1. The molecule has 0 radical (unpaired) electrons. The second-order valence-electron chi connectivity index (χ2n) is 18.1. The first-order chi connectivity index (χ1) is 33.7. The van der Waals surface area contributed by atoms with E-state index in [9.17, 15) is 0 Å². The molecule has 0 N–H and O–H groups in total. The molecule has 320 valence electrons. The zero-order valence-corrected chi connectivity index (χ0v) is 37.1. The fourth-order valence-electron chi connectivity index (χ4n) is 11.3. The highest BCUT2D eigenvalue weighted by atomic mass is 16.5. The van der Waals surface area contributed by atoms with Crippen LogP contribution in [0.3, 0.4) is 0 Å². The summed E-state index contributed by atoms with van der Waals surface area (Å²) in [5.74, 6) is 2.85. The fraction of sp³-hybridized carbons (Fsp3) is 0.0635. The highest BCUT2D eigenvalue weighted by Crippen LogP contribution is 2.48. The minimum absolute atomic E-state index is 0.106. The van der Waals surface area contributed by atoms with Crippen LogP contribution in [0.5, 0.6) is 5.75 Å². The number of hydrogen-bond donors (Lipinski definition) is 0. The van der Waals surface area contributed by atoms with E-state index in [1.165, 1.54) is 44.0 Å². The molecular weight excluding hydrogens is 829 g/mol. The van der Waals surface area contributed by atoms with Gasteiger partial charge in [0.15, 0.2) is 17.5 Å². The maximum absolute atomic E-state index is 6.62. The molecule has 3 heterocycles. The lowest BCUT2D eigenvalue weighted by molar-refractivity contribution is 0.303. The second kappa shape index (κ2) is 15.5. The van der Waals surface area contributed by atoms with Crippen LogP contribution in [0.15, 0.2) is 212 Å². The van der Waals surface area contributed by atoms with E-state index in [4.69, 9.17) is 19.7 Å². The Labute approximate surface area is 393 Å². The monoisotopic (exact) mass is 870 g/mol. The van der Waals surface area contributed by atoms with Crippen molar-refractivity contribution in [1.29, 1.82) is 0 Å². The molecule has 14 rings (SSSR count). The molecule has 0 amide bonds. The molecule has 5 nitrogen and oxygen atoms in total. The van der Waals surface area contributed by atoms with E-state index in [-0.39, 0.29) is 5.92 Å². The molecule has 0 spiro atoms. The number of aryl methyl sites for hydroxylation is 1. The third-order valence-corrected chi connectivity index (χ3v) is 14.4. The molecule has 0 bridgehead atoms.